The molecule has 4 aromatic heterocycles. The third-order valence-electron chi connectivity index (χ3n) is 9.79. The Morgan fingerprint density at radius 2 is 0.900 bits per heavy atom. The molecular weight excluding hydrogens is 609 g/mol. The largest absolute Gasteiger partial charge is 0.309 e. The highest BCUT2D eigenvalue weighted by Crippen LogP contribution is 2.38. The van der Waals surface area contributed by atoms with E-state index in [4.69, 9.17) is 9.97 Å². The number of rotatable bonds is 5. The second kappa shape index (κ2) is 11.4. The van der Waals surface area contributed by atoms with E-state index in [-0.39, 0.29) is 0 Å². The van der Waals surface area contributed by atoms with E-state index in [1.54, 1.807) is 0 Å². The van der Waals surface area contributed by atoms with E-state index in [1.165, 1.54) is 49.4 Å². The average molecular weight is 639 g/mol. The number of benzene rings is 6. The van der Waals surface area contributed by atoms with Crippen LogP contribution in [0.25, 0.3) is 88.8 Å². The lowest BCUT2D eigenvalue weighted by Gasteiger charge is -2.10. The quantitative estimate of drug-likeness (QED) is 0.188. The summed E-state index contributed by atoms with van der Waals surface area (Å²) in [7, 11) is 0. The van der Waals surface area contributed by atoms with Gasteiger partial charge in [-0.3, -0.25) is 9.55 Å². The van der Waals surface area contributed by atoms with Crippen molar-refractivity contribution in [1.29, 1.82) is 0 Å². The Morgan fingerprint density at radius 1 is 0.340 bits per heavy atom. The van der Waals surface area contributed by atoms with E-state index in [0.717, 1.165) is 39.4 Å². The Hall–Kier alpha value is -6.78. The molecule has 0 bridgehead atoms. The molecule has 10 rings (SSSR count). The molecule has 0 saturated heterocycles. The third-order valence-corrected chi connectivity index (χ3v) is 9.79. The fourth-order valence-corrected chi connectivity index (χ4v) is 7.44. The van der Waals surface area contributed by atoms with Gasteiger partial charge in [0.2, 0.25) is 0 Å². The normalized spacial score (nSPS) is 11.6. The zero-order valence-electron chi connectivity index (χ0n) is 27.1. The molecule has 0 aliphatic heterocycles. The molecule has 234 valence electrons. The first-order valence-corrected chi connectivity index (χ1v) is 16.9. The van der Waals surface area contributed by atoms with Crippen LogP contribution in [0.4, 0.5) is 0 Å². The maximum absolute atomic E-state index is 5.18. The van der Waals surface area contributed by atoms with Crippen LogP contribution < -0.4 is 0 Å². The average Bonchev–Trinajstić information content (AvgIpc) is 3.71. The predicted molar refractivity (Wildman–Crippen MR) is 207 cm³/mol. The minimum absolute atomic E-state index is 0.878. The molecule has 0 aliphatic carbocycles. The lowest BCUT2D eigenvalue weighted by Crippen LogP contribution is -1.98. The highest BCUT2D eigenvalue weighted by molar-refractivity contribution is 6.12. The smallest absolute Gasteiger partial charge is 0.138 e. The van der Waals surface area contributed by atoms with E-state index < -0.39 is 0 Å². The van der Waals surface area contributed by atoms with Crippen LogP contribution in [0, 0.1) is 0 Å². The van der Waals surface area contributed by atoms with Crippen molar-refractivity contribution in [1.82, 2.24) is 19.1 Å². The first-order chi connectivity index (χ1) is 24.8. The van der Waals surface area contributed by atoms with Crippen LogP contribution in [0.15, 0.2) is 182 Å². The molecule has 0 fully saturated rings. The molecule has 0 amide bonds. The SMILES string of the molecule is c1ccc(-c2ccc(-c3cccc(-n4c5ccccc5c5cc(-c6ccc7c(c6)c6ccccc6n7-c6ccccc6)ccc54)n3)cn2)cc1. The van der Waals surface area contributed by atoms with Crippen molar-refractivity contribution in [3.05, 3.63) is 182 Å². The van der Waals surface area contributed by atoms with Crippen LogP contribution in [0.2, 0.25) is 0 Å². The lowest BCUT2D eigenvalue weighted by atomic mass is 10.0. The van der Waals surface area contributed by atoms with Gasteiger partial charge < -0.3 is 4.57 Å². The van der Waals surface area contributed by atoms with Crippen LogP contribution in [0.3, 0.4) is 0 Å². The number of para-hydroxylation sites is 3. The number of aromatic nitrogens is 4. The van der Waals surface area contributed by atoms with Gasteiger partial charge in [-0.25, -0.2) is 4.98 Å². The molecule has 0 atom stereocenters. The number of hydrogen-bond acceptors (Lipinski definition) is 2. The summed E-state index contributed by atoms with van der Waals surface area (Å²) in [6.07, 6.45) is 1.92. The molecule has 6 aromatic carbocycles. The van der Waals surface area contributed by atoms with E-state index in [0.29, 0.717) is 0 Å². The van der Waals surface area contributed by atoms with E-state index >= 15 is 0 Å². The summed E-state index contributed by atoms with van der Waals surface area (Å²) >= 11 is 0. The zero-order chi connectivity index (χ0) is 33.0. The van der Waals surface area contributed by atoms with Gasteiger partial charge in [0.05, 0.1) is 33.5 Å². The van der Waals surface area contributed by atoms with E-state index in [2.05, 4.69) is 167 Å². The second-order valence-electron chi connectivity index (χ2n) is 12.7. The molecule has 0 spiro atoms. The highest BCUT2D eigenvalue weighted by Gasteiger charge is 2.17. The summed E-state index contributed by atoms with van der Waals surface area (Å²) < 4.78 is 4.64. The van der Waals surface area contributed by atoms with Crippen LogP contribution in [0.1, 0.15) is 0 Å². The summed E-state index contributed by atoms with van der Waals surface area (Å²) in [5.74, 6) is 0.878. The minimum Gasteiger partial charge on any atom is -0.309 e. The van der Waals surface area contributed by atoms with Crippen molar-refractivity contribution in [2.45, 2.75) is 0 Å². The molecule has 0 unspecified atom stereocenters. The Labute approximate surface area is 289 Å². The summed E-state index contributed by atoms with van der Waals surface area (Å²) in [5.41, 5.74) is 12.1. The van der Waals surface area contributed by atoms with Gasteiger partial charge >= 0.3 is 0 Å². The molecule has 4 nitrogen and oxygen atoms in total. The molecule has 4 heteroatoms. The van der Waals surface area contributed by atoms with Crippen molar-refractivity contribution < 1.29 is 0 Å². The lowest BCUT2D eigenvalue weighted by molar-refractivity contribution is 1.08. The predicted octanol–water partition coefficient (Wildman–Crippen LogP) is 11.7. The van der Waals surface area contributed by atoms with Gasteiger partial charge in [0.25, 0.3) is 0 Å². The molecule has 0 aliphatic rings. The van der Waals surface area contributed by atoms with Crippen LogP contribution in [-0.4, -0.2) is 19.1 Å². The van der Waals surface area contributed by atoms with Crippen LogP contribution >= 0.6 is 0 Å². The second-order valence-corrected chi connectivity index (χ2v) is 12.7. The highest BCUT2D eigenvalue weighted by atomic mass is 15.1. The third kappa shape index (κ3) is 4.54. The summed E-state index contributed by atoms with van der Waals surface area (Å²) in [4.78, 5) is 9.94. The first-order valence-electron chi connectivity index (χ1n) is 16.9. The van der Waals surface area contributed by atoms with Gasteiger partial charge in [-0.05, 0) is 83.9 Å². The number of hydrogen-bond donors (Lipinski definition) is 0. The van der Waals surface area contributed by atoms with Crippen LogP contribution in [0.5, 0.6) is 0 Å². The van der Waals surface area contributed by atoms with Gasteiger partial charge in [-0.1, -0.05) is 103 Å². The van der Waals surface area contributed by atoms with Crippen molar-refractivity contribution in [3.8, 4) is 45.1 Å². The topological polar surface area (TPSA) is 35.6 Å². The minimum atomic E-state index is 0.878. The van der Waals surface area contributed by atoms with Crippen molar-refractivity contribution in [3.63, 3.8) is 0 Å². The fraction of sp³-hybridized carbons (Fsp3) is 0. The maximum atomic E-state index is 5.18. The maximum Gasteiger partial charge on any atom is 0.138 e. The summed E-state index contributed by atoms with van der Waals surface area (Å²) in [6.45, 7) is 0. The fourth-order valence-electron chi connectivity index (χ4n) is 7.44. The summed E-state index contributed by atoms with van der Waals surface area (Å²) in [5, 5.41) is 4.90. The van der Waals surface area contributed by atoms with Gasteiger partial charge in [0, 0.05) is 44.6 Å². The molecule has 4 heterocycles. The Morgan fingerprint density at radius 3 is 1.56 bits per heavy atom. The van der Waals surface area contributed by atoms with Crippen LogP contribution in [-0.2, 0) is 0 Å². The molecule has 0 saturated carbocycles. The Balaban J connectivity index is 1.08. The molecule has 50 heavy (non-hydrogen) atoms. The van der Waals surface area contributed by atoms with Crippen molar-refractivity contribution in [2.24, 2.45) is 0 Å². The Kier molecular flexibility index (Phi) is 6.46. The number of pyridine rings is 2. The monoisotopic (exact) mass is 638 g/mol. The van der Waals surface area contributed by atoms with Crippen molar-refractivity contribution >= 4 is 43.6 Å². The zero-order valence-corrected chi connectivity index (χ0v) is 27.1. The number of nitrogens with zero attached hydrogens (tertiary/aromatic N) is 4. The van der Waals surface area contributed by atoms with Crippen molar-refractivity contribution in [2.75, 3.05) is 0 Å². The Bertz CT molecular complexity index is 2850. The van der Waals surface area contributed by atoms with E-state index in [9.17, 15) is 0 Å². The number of fused-ring (bicyclic) bond motifs is 6. The summed E-state index contributed by atoms with van der Waals surface area (Å²) in [6, 6.07) is 62.3. The van der Waals surface area contributed by atoms with Gasteiger partial charge in [0.15, 0.2) is 0 Å². The molecule has 0 radical (unpaired) electrons. The standard InChI is InChI=1S/C46H30N4/c1-3-12-31(13-4-1)40-25-22-34(30-47-40)41-18-11-21-46(48-41)50-43-20-10-8-17-37(43)39-29-33(24-27-45(39)50)32-23-26-44-38(28-32)36-16-7-9-19-42(36)49(44)35-14-5-2-6-15-35/h1-30H. The van der Waals surface area contributed by atoms with Gasteiger partial charge in [0.1, 0.15) is 5.82 Å². The first kappa shape index (κ1) is 28.3. The van der Waals surface area contributed by atoms with E-state index in [1.807, 2.05) is 24.4 Å². The molecule has 10 aromatic rings. The van der Waals surface area contributed by atoms with Gasteiger partial charge in [-0.2, -0.15) is 0 Å². The molecular formula is C46H30N4. The molecule has 0 N–H and O–H groups in total. The van der Waals surface area contributed by atoms with Gasteiger partial charge in [-0.15, -0.1) is 0 Å².